The van der Waals surface area contributed by atoms with Gasteiger partial charge in [-0.15, -0.1) is 0 Å². The molecule has 1 aliphatic carbocycles. The third kappa shape index (κ3) is 4.12. The highest BCUT2D eigenvalue weighted by molar-refractivity contribution is 6.42. The molecule has 104 valence electrons. The van der Waals surface area contributed by atoms with Crippen LogP contribution in [-0.2, 0) is 11.2 Å². The number of carbonyl (C=O) groups excluding carboxylic acids is 1. The molecule has 1 aromatic rings. The van der Waals surface area contributed by atoms with Gasteiger partial charge in [0.05, 0.1) is 16.5 Å². The molecular formula is C15H19Cl2NO. The largest absolute Gasteiger partial charge is 0.353 e. The predicted octanol–water partition coefficient (Wildman–Crippen LogP) is 4.23. The average Bonchev–Trinajstić information content (AvgIpc) is 2.37. The second-order valence-electron chi connectivity index (χ2n) is 5.36. The molecule has 0 spiro atoms. The Morgan fingerprint density at radius 1 is 1.26 bits per heavy atom. The van der Waals surface area contributed by atoms with Crippen LogP contribution in [0.4, 0.5) is 0 Å². The molecule has 1 aliphatic rings. The van der Waals surface area contributed by atoms with E-state index in [0.717, 1.165) is 12.0 Å². The Morgan fingerprint density at radius 2 is 2.00 bits per heavy atom. The van der Waals surface area contributed by atoms with Crippen LogP contribution in [0.2, 0.25) is 10.0 Å². The summed E-state index contributed by atoms with van der Waals surface area (Å²) >= 11 is 11.8. The van der Waals surface area contributed by atoms with Crippen molar-refractivity contribution in [2.45, 2.75) is 45.1 Å². The Balaban J connectivity index is 1.91. The number of hydrogen-bond donors (Lipinski definition) is 1. The zero-order chi connectivity index (χ0) is 13.8. The van der Waals surface area contributed by atoms with Gasteiger partial charge in [0, 0.05) is 6.04 Å². The van der Waals surface area contributed by atoms with E-state index in [2.05, 4.69) is 12.2 Å². The van der Waals surface area contributed by atoms with Gasteiger partial charge in [0.2, 0.25) is 5.91 Å². The Labute approximate surface area is 124 Å². The molecule has 0 unspecified atom stereocenters. The molecule has 0 aliphatic heterocycles. The highest BCUT2D eigenvalue weighted by Crippen LogP contribution is 2.25. The smallest absolute Gasteiger partial charge is 0.224 e. The SMILES string of the molecule is C[C@H]1CCCC[C@H]1NC(=O)Cc1ccc(Cl)c(Cl)c1. The van der Waals surface area contributed by atoms with E-state index in [0.29, 0.717) is 28.4 Å². The second kappa shape index (κ2) is 6.62. The zero-order valence-corrected chi connectivity index (χ0v) is 12.6. The van der Waals surface area contributed by atoms with Gasteiger partial charge in [-0.2, -0.15) is 0 Å². The van der Waals surface area contributed by atoms with E-state index >= 15 is 0 Å². The minimum absolute atomic E-state index is 0.0668. The van der Waals surface area contributed by atoms with Gasteiger partial charge in [0.1, 0.15) is 0 Å². The summed E-state index contributed by atoms with van der Waals surface area (Å²) in [7, 11) is 0. The number of nitrogens with one attached hydrogen (secondary N) is 1. The molecule has 0 radical (unpaired) electrons. The molecule has 2 rings (SSSR count). The summed E-state index contributed by atoms with van der Waals surface area (Å²) in [5.74, 6) is 0.642. The van der Waals surface area contributed by atoms with Gasteiger partial charge in [0.15, 0.2) is 0 Å². The van der Waals surface area contributed by atoms with Gasteiger partial charge in [0.25, 0.3) is 0 Å². The van der Waals surface area contributed by atoms with E-state index in [9.17, 15) is 4.79 Å². The lowest BCUT2D eigenvalue weighted by Gasteiger charge is -2.29. The topological polar surface area (TPSA) is 29.1 Å². The second-order valence-corrected chi connectivity index (χ2v) is 6.18. The fourth-order valence-electron chi connectivity index (χ4n) is 2.62. The van der Waals surface area contributed by atoms with E-state index in [4.69, 9.17) is 23.2 Å². The van der Waals surface area contributed by atoms with Crippen molar-refractivity contribution in [1.29, 1.82) is 0 Å². The van der Waals surface area contributed by atoms with Crippen molar-refractivity contribution in [3.05, 3.63) is 33.8 Å². The lowest BCUT2D eigenvalue weighted by atomic mass is 9.86. The monoisotopic (exact) mass is 299 g/mol. The van der Waals surface area contributed by atoms with Gasteiger partial charge in [-0.05, 0) is 36.5 Å². The molecule has 0 bridgehead atoms. The molecular weight excluding hydrogens is 281 g/mol. The first-order valence-electron chi connectivity index (χ1n) is 6.79. The molecule has 2 atom stereocenters. The molecule has 0 saturated heterocycles. The van der Waals surface area contributed by atoms with Gasteiger partial charge < -0.3 is 5.32 Å². The Kier molecular flexibility index (Phi) is 5.12. The van der Waals surface area contributed by atoms with Gasteiger partial charge in [-0.3, -0.25) is 4.79 Å². The number of rotatable bonds is 3. The molecule has 1 aromatic carbocycles. The van der Waals surface area contributed by atoms with Crippen LogP contribution >= 0.6 is 23.2 Å². The van der Waals surface area contributed by atoms with Crippen LogP contribution in [0.15, 0.2) is 18.2 Å². The summed E-state index contributed by atoms with van der Waals surface area (Å²) in [5, 5.41) is 4.15. The fourth-order valence-corrected chi connectivity index (χ4v) is 2.94. The number of hydrogen-bond acceptors (Lipinski definition) is 1. The van der Waals surface area contributed by atoms with Crippen molar-refractivity contribution < 1.29 is 4.79 Å². The number of amides is 1. The van der Waals surface area contributed by atoms with Crippen molar-refractivity contribution in [1.82, 2.24) is 5.32 Å². The van der Waals surface area contributed by atoms with Crippen LogP contribution in [0.5, 0.6) is 0 Å². The van der Waals surface area contributed by atoms with Crippen LogP contribution in [-0.4, -0.2) is 11.9 Å². The first-order chi connectivity index (χ1) is 9.06. The highest BCUT2D eigenvalue weighted by Gasteiger charge is 2.22. The molecule has 19 heavy (non-hydrogen) atoms. The maximum Gasteiger partial charge on any atom is 0.224 e. The Hall–Kier alpha value is -0.730. The molecule has 1 fully saturated rings. The first kappa shape index (κ1) is 14.7. The molecule has 1 amide bonds. The van der Waals surface area contributed by atoms with Crippen molar-refractivity contribution in [3.63, 3.8) is 0 Å². The standard InChI is InChI=1S/C15H19Cl2NO/c1-10-4-2-3-5-14(10)18-15(19)9-11-6-7-12(16)13(17)8-11/h6-8,10,14H,2-5,9H2,1H3,(H,18,19)/t10-,14+/m0/s1. The first-order valence-corrected chi connectivity index (χ1v) is 7.55. The van der Waals surface area contributed by atoms with Crippen molar-refractivity contribution >= 4 is 29.1 Å². The normalized spacial score (nSPS) is 23.1. The van der Waals surface area contributed by atoms with E-state index in [1.165, 1.54) is 19.3 Å². The summed E-state index contributed by atoms with van der Waals surface area (Å²) in [5.41, 5.74) is 0.898. The Morgan fingerprint density at radius 3 is 2.68 bits per heavy atom. The van der Waals surface area contributed by atoms with Crippen molar-refractivity contribution in [3.8, 4) is 0 Å². The quantitative estimate of drug-likeness (QED) is 0.889. The molecule has 1 N–H and O–H groups in total. The van der Waals surface area contributed by atoms with E-state index in [1.54, 1.807) is 12.1 Å². The van der Waals surface area contributed by atoms with Crippen LogP contribution in [0.25, 0.3) is 0 Å². The number of carbonyl (C=O) groups is 1. The fraction of sp³-hybridized carbons (Fsp3) is 0.533. The molecule has 4 heteroatoms. The van der Waals surface area contributed by atoms with Gasteiger partial charge in [-0.1, -0.05) is 49.0 Å². The lowest BCUT2D eigenvalue weighted by Crippen LogP contribution is -2.41. The zero-order valence-electron chi connectivity index (χ0n) is 11.1. The highest BCUT2D eigenvalue weighted by atomic mass is 35.5. The van der Waals surface area contributed by atoms with Gasteiger partial charge >= 0.3 is 0 Å². The van der Waals surface area contributed by atoms with Crippen molar-refractivity contribution in [2.75, 3.05) is 0 Å². The number of halogens is 2. The summed E-state index contributed by atoms with van der Waals surface area (Å²) < 4.78 is 0. The molecule has 0 heterocycles. The predicted molar refractivity (Wildman–Crippen MR) is 79.7 cm³/mol. The third-order valence-electron chi connectivity index (χ3n) is 3.81. The molecule has 0 aromatic heterocycles. The summed E-state index contributed by atoms with van der Waals surface area (Å²) in [6, 6.07) is 5.66. The summed E-state index contributed by atoms with van der Waals surface area (Å²) in [6.45, 7) is 2.21. The molecule has 1 saturated carbocycles. The van der Waals surface area contributed by atoms with E-state index in [1.807, 2.05) is 6.07 Å². The maximum absolute atomic E-state index is 12.0. The van der Waals surface area contributed by atoms with E-state index in [-0.39, 0.29) is 5.91 Å². The minimum atomic E-state index is 0.0668. The van der Waals surface area contributed by atoms with E-state index < -0.39 is 0 Å². The van der Waals surface area contributed by atoms with Crippen LogP contribution in [0.3, 0.4) is 0 Å². The average molecular weight is 300 g/mol. The van der Waals surface area contributed by atoms with Crippen LogP contribution < -0.4 is 5.32 Å². The lowest BCUT2D eigenvalue weighted by molar-refractivity contribution is -0.121. The molecule has 2 nitrogen and oxygen atoms in total. The maximum atomic E-state index is 12.0. The third-order valence-corrected chi connectivity index (χ3v) is 4.55. The van der Waals surface area contributed by atoms with Gasteiger partial charge in [-0.25, -0.2) is 0 Å². The van der Waals surface area contributed by atoms with Crippen LogP contribution in [0, 0.1) is 5.92 Å². The number of benzene rings is 1. The minimum Gasteiger partial charge on any atom is -0.353 e. The Bertz CT molecular complexity index is 461. The summed E-state index contributed by atoms with van der Waals surface area (Å²) in [6.07, 6.45) is 5.15. The van der Waals surface area contributed by atoms with Crippen molar-refractivity contribution in [2.24, 2.45) is 5.92 Å². The van der Waals surface area contributed by atoms with Crippen LogP contribution in [0.1, 0.15) is 38.2 Å². The summed E-state index contributed by atoms with van der Waals surface area (Å²) in [4.78, 5) is 12.0.